The van der Waals surface area contributed by atoms with E-state index in [0.29, 0.717) is 6.42 Å². The Morgan fingerprint density at radius 1 is 1.14 bits per heavy atom. The fraction of sp³-hybridized carbons (Fsp3) is 0.400. The summed E-state index contributed by atoms with van der Waals surface area (Å²) < 4.78 is 0. The van der Waals surface area contributed by atoms with Crippen molar-refractivity contribution in [3.05, 3.63) is 40.9 Å². The van der Waals surface area contributed by atoms with Crippen LogP contribution in [0.25, 0.3) is 0 Å². The van der Waals surface area contributed by atoms with Crippen LogP contribution in [-0.4, -0.2) is 47.2 Å². The van der Waals surface area contributed by atoms with Gasteiger partial charge in [-0.05, 0) is 12.5 Å². The van der Waals surface area contributed by atoms with Gasteiger partial charge < -0.3 is 9.80 Å². The number of aromatic nitrogens is 2. The predicted molar refractivity (Wildman–Crippen MR) is 83.6 cm³/mol. The molecule has 110 valence electrons. The maximum Gasteiger partial charge on any atom is 0.227 e. The van der Waals surface area contributed by atoms with Crippen LogP contribution in [0.3, 0.4) is 0 Å². The fourth-order valence-corrected chi connectivity index (χ4v) is 3.18. The predicted octanol–water partition coefficient (Wildman–Crippen LogP) is 1.74. The smallest absolute Gasteiger partial charge is 0.227 e. The first-order chi connectivity index (χ1) is 10.2. The van der Waals surface area contributed by atoms with E-state index in [1.54, 1.807) is 11.3 Å². The van der Waals surface area contributed by atoms with E-state index in [4.69, 9.17) is 0 Å². The summed E-state index contributed by atoms with van der Waals surface area (Å²) in [7, 11) is 0. The van der Waals surface area contributed by atoms with Crippen molar-refractivity contribution in [3.63, 3.8) is 0 Å². The molecule has 0 N–H and O–H groups in total. The van der Waals surface area contributed by atoms with Gasteiger partial charge in [-0.15, -0.1) is 10.2 Å². The molecule has 1 aromatic heterocycles. The number of carbonyl (C=O) groups excluding carboxylic acids is 1. The number of carbonyl (C=O) groups is 1. The summed E-state index contributed by atoms with van der Waals surface area (Å²) in [4.78, 5) is 16.4. The van der Waals surface area contributed by atoms with Crippen LogP contribution in [0.5, 0.6) is 0 Å². The molecule has 1 fully saturated rings. The van der Waals surface area contributed by atoms with Gasteiger partial charge in [0.15, 0.2) is 0 Å². The van der Waals surface area contributed by atoms with E-state index in [2.05, 4.69) is 15.1 Å². The van der Waals surface area contributed by atoms with E-state index >= 15 is 0 Å². The molecular formula is C15H18N4OS. The van der Waals surface area contributed by atoms with Crippen LogP contribution in [0.2, 0.25) is 0 Å². The summed E-state index contributed by atoms with van der Waals surface area (Å²) >= 11 is 1.61. The first kappa shape index (κ1) is 14.0. The number of piperazine rings is 1. The molecule has 1 aromatic carbocycles. The van der Waals surface area contributed by atoms with Crippen LogP contribution in [-0.2, 0) is 11.2 Å². The number of hydrogen-bond acceptors (Lipinski definition) is 5. The standard InChI is InChI=1S/C15H18N4OS/c1-12-16-17-15(21-12)19-9-7-18(8-10-19)14(20)11-13-5-3-2-4-6-13/h2-6H,7-11H2,1H3. The summed E-state index contributed by atoms with van der Waals surface area (Å²) in [5.74, 6) is 0.203. The minimum Gasteiger partial charge on any atom is -0.343 e. The summed E-state index contributed by atoms with van der Waals surface area (Å²) in [6.45, 7) is 5.12. The molecule has 1 aliphatic heterocycles. The lowest BCUT2D eigenvalue weighted by atomic mass is 10.1. The molecule has 1 aliphatic rings. The Bertz CT molecular complexity index is 605. The highest BCUT2D eigenvalue weighted by molar-refractivity contribution is 7.15. The number of amides is 1. The van der Waals surface area contributed by atoms with Crippen molar-refractivity contribution in [1.82, 2.24) is 15.1 Å². The highest BCUT2D eigenvalue weighted by Gasteiger charge is 2.22. The fourth-order valence-electron chi connectivity index (χ4n) is 2.44. The molecule has 0 spiro atoms. The lowest BCUT2D eigenvalue weighted by Crippen LogP contribution is -2.49. The van der Waals surface area contributed by atoms with Crippen molar-refractivity contribution < 1.29 is 4.79 Å². The van der Waals surface area contributed by atoms with Crippen LogP contribution in [0.1, 0.15) is 10.6 Å². The molecule has 1 amide bonds. The van der Waals surface area contributed by atoms with E-state index in [1.165, 1.54) is 0 Å². The second kappa shape index (κ2) is 6.22. The zero-order valence-electron chi connectivity index (χ0n) is 12.0. The number of nitrogens with zero attached hydrogens (tertiary/aromatic N) is 4. The van der Waals surface area contributed by atoms with E-state index in [-0.39, 0.29) is 5.91 Å². The van der Waals surface area contributed by atoms with Crippen molar-refractivity contribution in [3.8, 4) is 0 Å². The van der Waals surface area contributed by atoms with Gasteiger partial charge in [0.1, 0.15) is 5.01 Å². The number of benzene rings is 1. The minimum atomic E-state index is 0.203. The Balaban J connectivity index is 1.54. The monoisotopic (exact) mass is 302 g/mol. The summed E-state index contributed by atoms with van der Waals surface area (Å²) in [5.41, 5.74) is 1.07. The van der Waals surface area contributed by atoms with Gasteiger partial charge in [-0.3, -0.25) is 4.79 Å². The number of rotatable bonds is 3. The lowest BCUT2D eigenvalue weighted by molar-refractivity contribution is -0.130. The third kappa shape index (κ3) is 3.39. The van der Waals surface area contributed by atoms with Crippen molar-refractivity contribution in [2.45, 2.75) is 13.3 Å². The Morgan fingerprint density at radius 3 is 2.48 bits per heavy atom. The molecule has 21 heavy (non-hydrogen) atoms. The number of anilines is 1. The zero-order chi connectivity index (χ0) is 14.7. The molecule has 0 radical (unpaired) electrons. The molecule has 0 atom stereocenters. The lowest BCUT2D eigenvalue weighted by Gasteiger charge is -2.34. The minimum absolute atomic E-state index is 0.203. The van der Waals surface area contributed by atoms with Gasteiger partial charge in [-0.1, -0.05) is 41.7 Å². The molecular weight excluding hydrogens is 284 g/mol. The average molecular weight is 302 g/mol. The molecule has 0 aliphatic carbocycles. The van der Waals surface area contributed by atoms with Gasteiger partial charge >= 0.3 is 0 Å². The van der Waals surface area contributed by atoms with Gasteiger partial charge in [-0.2, -0.15) is 0 Å². The Kier molecular flexibility index (Phi) is 4.15. The van der Waals surface area contributed by atoms with Crippen molar-refractivity contribution >= 4 is 22.4 Å². The Morgan fingerprint density at radius 2 is 1.86 bits per heavy atom. The van der Waals surface area contributed by atoms with Gasteiger partial charge in [0, 0.05) is 26.2 Å². The highest BCUT2D eigenvalue weighted by atomic mass is 32.1. The highest BCUT2D eigenvalue weighted by Crippen LogP contribution is 2.20. The second-order valence-electron chi connectivity index (χ2n) is 5.13. The largest absolute Gasteiger partial charge is 0.343 e. The summed E-state index contributed by atoms with van der Waals surface area (Å²) in [6.07, 6.45) is 0.485. The molecule has 6 heteroatoms. The third-order valence-electron chi connectivity index (χ3n) is 3.62. The van der Waals surface area contributed by atoms with E-state index < -0.39 is 0 Å². The molecule has 0 saturated carbocycles. The average Bonchev–Trinajstić information content (AvgIpc) is 2.95. The van der Waals surface area contributed by atoms with Crippen LogP contribution in [0.4, 0.5) is 5.13 Å². The number of aryl methyl sites for hydroxylation is 1. The van der Waals surface area contributed by atoms with Crippen LogP contribution < -0.4 is 4.90 Å². The van der Waals surface area contributed by atoms with E-state index in [1.807, 2.05) is 42.2 Å². The Labute approximate surface area is 128 Å². The molecule has 1 saturated heterocycles. The van der Waals surface area contributed by atoms with Gasteiger partial charge in [0.2, 0.25) is 11.0 Å². The van der Waals surface area contributed by atoms with Crippen molar-refractivity contribution in [2.75, 3.05) is 31.1 Å². The van der Waals surface area contributed by atoms with Crippen molar-refractivity contribution in [2.24, 2.45) is 0 Å². The van der Waals surface area contributed by atoms with Crippen LogP contribution in [0, 0.1) is 6.92 Å². The third-order valence-corrected chi connectivity index (χ3v) is 4.52. The normalized spacial score (nSPS) is 15.3. The molecule has 2 aromatic rings. The van der Waals surface area contributed by atoms with Gasteiger partial charge in [-0.25, -0.2) is 0 Å². The van der Waals surface area contributed by atoms with Crippen molar-refractivity contribution in [1.29, 1.82) is 0 Å². The number of hydrogen-bond donors (Lipinski definition) is 0. The quantitative estimate of drug-likeness (QED) is 0.866. The topological polar surface area (TPSA) is 49.3 Å². The summed E-state index contributed by atoms with van der Waals surface area (Å²) in [5, 5.41) is 10.2. The Hall–Kier alpha value is -1.95. The van der Waals surface area contributed by atoms with E-state index in [9.17, 15) is 4.79 Å². The maximum atomic E-state index is 12.3. The van der Waals surface area contributed by atoms with Gasteiger partial charge in [0.25, 0.3) is 0 Å². The van der Waals surface area contributed by atoms with Crippen LogP contribution >= 0.6 is 11.3 Å². The second-order valence-corrected chi connectivity index (χ2v) is 6.29. The molecule has 2 heterocycles. The molecule has 0 bridgehead atoms. The summed E-state index contributed by atoms with van der Waals surface area (Å²) in [6, 6.07) is 9.91. The van der Waals surface area contributed by atoms with E-state index in [0.717, 1.165) is 41.9 Å². The van der Waals surface area contributed by atoms with Crippen LogP contribution in [0.15, 0.2) is 30.3 Å². The molecule has 3 rings (SSSR count). The van der Waals surface area contributed by atoms with Gasteiger partial charge in [0.05, 0.1) is 6.42 Å². The first-order valence-corrected chi connectivity index (χ1v) is 7.91. The maximum absolute atomic E-state index is 12.3. The molecule has 5 nitrogen and oxygen atoms in total. The molecule has 0 unspecified atom stereocenters. The first-order valence-electron chi connectivity index (χ1n) is 7.09. The zero-order valence-corrected chi connectivity index (χ0v) is 12.8. The SMILES string of the molecule is Cc1nnc(N2CCN(C(=O)Cc3ccccc3)CC2)s1.